The second-order valence-corrected chi connectivity index (χ2v) is 2.10. The van der Waals surface area contributed by atoms with Crippen molar-refractivity contribution >= 4 is 5.78 Å². The standard InChI is InChI=1S/C6H12O3/c1-5(2)6(8)3-9-4-7/h5,7H,3-4H2,1-2H3. The minimum absolute atomic E-state index is 0.00319. The molecular weight excluding hydrogens is 120 g/mol. The number of ketones is 1. The third kappa shape index (κ3) is 4.12. The van der Waals surface area contributed by atoms with Gasteiger partial charge in [0.2, 0.25) is 0 Å². The highest BCUT2D eigenvalue weighted by Crippen LogP contribution is 1.93. The van der Waals surface area contributed by atoms with E-state index in [1.807, 2.05) is 0 Å². The SMILES string of the molecule is CC(C)C(=O)COCO. The van der Waals surface area contributed by atoms with Gasteiger partial charge in [-0.3, -0.25) is 4.79 Å². The van der Waals surface area contributed by atoms with Crippen molar-refractivity contribution in [2.75, 3.05) is 13.4 Å². The zero-order valence-corrected chi connectivity index (χ0v) is 5.76. The summed E-state index contributed by atoms with van der Waals surface area (Å²) in [7, 11) is 0. The Labute approximate surface area is 54.6 Å². The van der Waals surface area contributed by atoms with Gasteiger partial charge in [0.25, 0.3) is 0 Å². The number of rotatable bonds is 4. The van der Waals surface area contributed by atoms with Gasteiger partial charge >= 0.3 is 0 Å². The molecule has 0 aromatic rings. The molecule has 0 heterocycles. The van der Waals surface area contributed by atoms with E-state index in [1.54, 1.807) is 13.8 Å². The third-order valence-electron chi connectivity index (χ3n) is 0.980. The van der Waals surface area contributed by atoms with E-state index in [0.717, 1.165) is 0 Å². The Hall–Kier alpha value is -0.410. The molecule has 0 aromatic carbocycles. The predicted octanol–water partition coefficient (Wildman–Crippen LogP) is 0.178. The molecule has 0 radical (unpaired) electrons. The monoisotopic (exact) mass is 132 g/mol. The van der Waals surface area contributed by atoms with Gasteiger partial charge in [0.15, 0.2) is 5.78 Å². The van der Waals surface area contributed by atoms with Gasteiger partial charge in [-0.25, -0.2) is 0 Å². The van der Waals surface area contributed by atoms with Crippen molar-refractivity contribution < 1.29 is 14.6 Å². The smallest absolute Gasteiger partial charge is 0.161 e. The van der Waals surface area contributed by atoms with Crippen molar-refractivity contribution in [1.82, 2.24) is 0 Å². The van der Waals surface area contributed by atoms with Crippen molar-refractivity contribution in [2.24, 2.45) is 5.92 Å². The summed E-state index contributed by atoms with van der Waals surface area (Å²) in [6, 6.07) is 0. The first-order chi connectivity index (χ1) is 4.18. The first-order valence-corrected chi connectivity index (χ1v) is 2.89. The van der Waals surface area contributed by atoms with Gasteiger partial charge in [-0.05, 0) is 0 Å². The lowest BCUT2D eigenvalue weighted by Crippen LogP contribution is -2.14. The molecule has 0 spiro atoms. The summed E-state index contributed by atoms with van der Waals surface area (Å²) in [6.45, 7) is 3.23. The highest BCUT2D eigenvalue weighted by atomic mass is 16.6. The fraction of sp³-hybridized carbons (Fsp3) is 0.833. The van der Waals surface area contributed by atoms with E-state index >= 15 is 0 Å². The molecule has 0 saturated heterocycles. The topological polar surface area (TPSA) is 46.5 Å². The van der Waals surface area contributed by atoms with Crippen LogP contribution >= 0.6 is 0 Å². The van der Waals surface area contributed by atoms with Crippen molar-refractivity contribution in [3.05, 3.63) is 0 Å². The molecule has 0 bridgehead atoms. The maximum Gasteiger partial charge on any atom is 0.161 e. The van der Waals surface area contributed by atoms with E-state index in [2.05, 4.69) is 4.74 Å². The molecule has 9 heavy (non-hydrogen) atoms. The third-order valence-corrected chi connectivity index (χ3v) is 0.980. The van der Waals surface area contributed by atoms with Gasteiger partial charge in [-0.1, -0.05) is 13.8 Å². The average molecular weight is 132 g/mol. The Morgan fingerprint density at radius 2 is 2.22 bits per heavy atom. The lowest BCUT2D eigenvalue weighted by Gasteiger charge is -2.01. The summed E-state index contributed by atoms with van der Waals surface area (Å²) in [5.74, 6) is 0.0144. The number of aliphatic hydroxyl groups is 1. The molecule has 0 aromatic heterocycles. The first-order valence-electron chi connectivity index (χ1n) is 2.89. The van der Waals surface area contributed by atoms with Gasteiger partial charge < -0.3 is 9.84 Å². The van der Waals surface area contributed by atoms with Gasteiger partial charge in [-0.2, -0.15) is 0 Å². The van der Waals surface area contributed by atoms with Gasteiger partial charge in [0.05, 0.1) is 0 Å². The lowest BCUT2D eigenvalue weighted by atomic mass is 10.1. The molecule has 0 aliphatic rings. The van der Waals surface area contributed by atoms with E-state index in [4.69, 9.17) is 5.11 Å². The lowest BCUT2D eigenvalue weighted by molar-refractivity contribution is -0.129. The van der Waals surface area contributed by atoms with Crippen molar-refractivity contribution in [3.63, 3.8) is 0 Å². The van der Waals surface area contributed by atoms with Crippen LogP contribution in [0.15, 0.2) is 0 Å². The number of carbonyl (C=O) groups is 1. The van der Waals surface area contributed by atoms with Crippen LogP contribution in [-0.4, -0.2) is 24.3 Å². The molecule has 0 saturated carbocycles. The fourth-order valence-corrected chi connectivity index (χ4v) is 0.313. The molecule has 0 amide bonds. The summed E-state index contributed by atoms with van der Waals surface area (Å²) in [6.07, 6.45) is 0. The van der Waals surface area contributed by atoms with Crippen LogP contribution in [0.3, 0.4) is 0 Å². The summed E-state index contributed by atoms with van der Waals surface area (Å²) >= 11 is 0. The Morgan fingerprint density at radius 3 is 2.56 bits per heavy atom. The average Bonchev–Trinajstić information content (AvgIpc) is 1.82. The Bertz CT molecular complexity index is 88.3. The largest absolute Gasteiger partial charge is 0.371 e. The van der Waals surface area contributed by atoms with Crippen LogP contribution in [0.5, 0.6) is 0 Å². The quantitative estimate of drug-likeness (QED) is 0.555. The van der Waals surface area contributed by atoms with Crippen molar-refractivity contribution in [2.45, 2.75) is 13.8 Å². The predicted molar refractivity (Wildman–Crippen MR) is 32.9 cm³/mol. The fourth-order valence-electron chi connectivity index (χ4n) is 0.313. The van der Waals surface area contributed by atoms with E-state index in [9.17, 15) is 4.79 Å². The van der Waals surface area contributed by atoms with Crippen LogP contribution in [-0.2, 0) is 9.53 Å². The minimum Gasteiger partial charge on any atom is -0.371 e. The van der Waals surface area contributed by atoms with Crippen molar-refractivity contribution in [1.29, 1.82) is 0 Å². The van der Waals surface area contributed by atoms with Gasteiger partial charge in [0, 0.05) is 5.92 Å². The van der Waals surface area contributed by atoms with Crippen LogP contribution in [0.25, 0.3) is 0 Å². The molecule has 3 heteroatoms. The second kappa shape index (κ2) is 4.47. The first kappa shape index (κ1) is 8.59. The second-order valence-electron chi connectivity index (χ2n) is 2.10. The zero-order chi connectivity index (χ0) is 7.28. The molecule has 0 aliphatic carbocycles. The number of hydrogen-bond acceptors (Lipinski definition) is 3. The molecule has 0 rings (SSSR count). The van der Waals surface area contributed by atoms with Gasteiger partial charge in [-0.15, -0.1) is 0 Å². The zero-order valence-electron chi connectivity index (χ0n) is 5.76. The van der Waals surface area contributed by atoms with Crippen LogP contribution in [0.4, 0.5) is 0 Å². The maximum atomic E-state index is 10.7. The van der Waals surface area contributed by atoms with Crippen molar-refractivity contribution in [3.8, 4) is 0 Å². The Kier molecular flexibility index (Phi) is 4.26. The van der Waals surface area contributed by atoms with E-state index in [-0.39, 0.29) is 25.1 Å². The normalized spacial score (nSPS) is 10.2. The van der Waals surface area contributed by atoms with Crippen LogP contribution in [0, 0.1) is 5.92 Å². The molecular formula is C6H12O3. The molecule has 0 aliphatic heterocycles. The summed E-state index contributed by atoms with van der Waals surface area (Å²) in [4.78, 5) is 10.7. The highest BCUT2D eigenvalue weighted by Gasteiger charge is 2.05. The Morgan fingerprint density at radius 1 is 1.67 bits per heavy atom. The molecule has 0 atom stereocenters. The van der Waals surface area contributed by atoms with E-state index < -0.39 is 0 Å². The summed E-state index contributed by atoms with van der Waals surface area (Å²) in [5, 5.41) is 8.12. The van der Waals surface area contributed by atoms with E-state index in [0.29, 0.717) is 0 Å². The van der Waals surface area contributed by atoms with Crippen LogP contribution < -0.4 is 0 Å². The van der Waals surface area contributed by atoms with Crippen LogP contribution in [0.1, 0.15) is 13.8 Å². The summed E-state index contributed by atoms with van der Waals surface area (Å²) in [5.41, 5.74) is 0. The summed E-state index contributed by atoms with van der Waals surface area (Å²) < 4.78 is 4.46. The molecule has 3 nitrogen and oxygen atoms in total. The number of aliphatic hydroxyl groups excluding tert-OH is 1. The number of ether oxygens (including phenoxy) is 1. The molecule has 0 fully saturated rings. The maximum absolute atomic E-state index is 10.7. The number of carbonyl (C=O) groups excluding carboxylic acids is 1. The highest BCUT2D eigenvalue weighted by molar-refractivity contribution is 5.81. The Balaban J connectivity index is 3.28. The minimum atomic E-state index is -0.377. The van der Waals surface area contributed by atoms with Gasteiger partial charge in [0.1, 0.15) is 13.4 Å². The van der Waals surface area contributed by atoms with Crippen LogP contribution in [0.2, 0.25) is 0 Å². The molecule has 54 valence electrons. The number of Topliss-reactive ketones (excluding diaryl/α,β-unsaturated/α-hetero) is 1. The number of hydrogen-bond donors (Lipinski definition) is 1. The van der Waals surface area contributed by atoms with E-state index in [1.165, 1.54) is 0 Å². The molecule has 1 N–H and O–H groups in total. The molecule has 0 unspecified atom stereocenters.